The largest absolute Gasteiger partial charge is 0.381 e. The van der Waals surface area contributed by atoms with Crippen molar-refractivity contribution in [3.8, 4) is 0 Å². The summed E-state index contributed by atoms with van der Waals surface area (Å²) in [6.45, 7) is 4.82. The first kappa shape index (κ1) is 22.5. The summed E-state index contributed by atoms with van der Waals surface area (Å²) in [5.74, 6) is 1.11. The topological polar surface area (TPSA) is 86.8 Å². The fourth-order valence-electron chi connectivity index (χ4n) is 4.98. The molecule has 9 nitrogen and oxygen atoms in total. The number of pyridine rings is 1. The van der Waals surface area contributed by atoms with Crippen molar-refractivity contribution in [3.63, 3.8) is 0 Å². The Morgan fingerprint density at radius 1 is 1.00 bits per heavy atom. The Hall–Kier alpha value is -3.01. The molecule has 6 rings (SSSR count). The van der Waals surface area contributed by atoms with Crippen molar-refractivity contribution in [1.82, 2.24) is 24.1 Å². The normalized spacial score (nSPS) is 17.5. The van der Waals surface area contributed by atoms with Crippen molar-refractivity contribution in [2.45, 2.75) is 25.8 Å². The molecule has 5 heterocycles. The lowest BCUT2D eigenvalue weighted by Gasteiger charge is -2.28. The van der Waals surface area contributed by atoms with E-state index in [-0.39, 0.29) is 5.69 Å². The predicted octanol–water partition coefficient (Wildman–Crippen LogP) is 2.95. The molecule has 2 fully saturated rings. The zero-order valence-electron chi connectivity index (χ0n) is 19.4. The van der Waals surface area contributed by atoms with Crippen LogP contribution in [0.1, 0.15) is 24.2 Å². The lowest BCUT2D eigenvalue weighted by Crippen LogP contribution is -2.36. The summed E-state index contributed by atoms with van der Waals surface area (Å²) in [5, 5.41) is 9.54. The molecule has 4 aromatic rings. The molecule has 2 saturated heterocycles. The Morgan fingerprint density at radius 2 is 1.74 bits per heavy atom. The van der Waals surface area contributed by atoms with Gasteiger partial charge in [-0.05, 0) is 42.5 Å². The molecule has 0 spiro atoms. The molecule has 2 aliphatic heterocycles. The highest BCUT2D eigenvalue weighted by molar-refractivity contribution is 6.30. The molecule has 3 aromatic heterocycles. The average Bonchev–Trinajstić information content (AvgIpc) is 3.32. The number of hydrogen-bond acceptors (Lipinski definition) is 7. The summed E-state index contributed by atoms with van der Waals surface area (Å²) in [6, 6.07) is 9.61. The summed E-state index contributed by atoms with van der Waals surface area (Å²) in [4.78, 5) is 21.0. The molecule has 0 unspecified atom stereocenters. The van der Waals surface area contributed by atoms with Gasteiger partial charge in [0.25, 0.3) is 0 Å². The van der Waals surface area contributed by atoms with Gasteiger partial charge in [-0.1, -0.05) is 23.7 Å². The van der Waals surface area contributed by atoms with Crippen LogP contribution in [0.5, 0.6) is 0 Å². The highest BCUT2D eigenvalue weighted by Gasteiger charge is 2.23. The minimum atomic E-state index is -0.157. The number of morpholine rings is 1. The Bertz CT molecular complexity index is 1410. The van der Waals surface area contributed by atoms with Gasteiger partial charge in [-0.25, -0.2) is 14.2 Å². The second-order valence-corrected chi connectivity index (χ2v) is 9.63. The lowest BCUT2D eigenvalue weighted by molar-refractivity contribution is 0.0659. The molecule has 0 amide bonds. The summed E-state index contributed by atoms with van der Waals surface area (Å²) < 4.78 is 14.4. The molecule has 35 heavy (non-hydrogen) atoms. The van der Waals surface area contributed by atoms with E-state index in [0.29, 0.717) is 54.1 Å². The van der Waals surface area contributed by atoms with Gasteiger partial charge in [0.2, 0.25) is 0 Å². The first-order valence-corrected chi connectivity index (χ1v) is 12.5. The molecule has 10 heteroatoms. The van der Waals surface area contributed by atoms with Gasteiger partial charge in [0, 0.05) is 37.7 Å². The van der Waals surface area contributed by atoms with E-state index in [1.54, 1.807) is 8.97 Å². The third-order valence-electron chi connectivity index (χ3n) is 6.95. The standard InChI is InChI=1S/C25H27ClN6O3/c26-19-3-1-18(2-4-19)16-31-21-14-20(30-7-11-35-12-8-30)15-27-23(21)24-29-28-22(32(24)25(31)33)13-17-5-9-34-10-6-17/h1-4,14-15,17H,5-13,16H2. The number of rotatable bonds is 5. The molecule has 1 aromatic carbocycles. The van der Waals surface area contributed by atoms with Crippen molar-refractivity contribution < 1.29 is 9.47 Å². The molecular weight excluding hydrogens is 468 g/mol. The predicted molar refractivity (Wildman–Crippen MR) is 133 cm³/mol. The van der Waals surface area contributed by atoms with Crippen molar-refractivity contribution >= 4 is 34.0 Å². The van der Waals surface area contributed by atoms with Crippen LogP contribution in [0.4, 0.5) is 5.69 Å². The van der Waals surface area contributed by atoms with E-state index >= 15 is 0 Å². The van der Waals surface area contributed by atoms with Crippen molar-refractivity contribution in [2.75, 3.05) is 44.4 Å². The van der Waals surface area contributed by atoms with Gasteiger partial charge in [0.05, 0.1) is 37.2 Å². The fraction of sp³-hybridized carbons (Fsp3) is 0.440. The quantitative estimate of drug-likeness (QED) is 0.421. The summed E-state index contributed by atoms with van der Waals surface area (Å²) in [5.41, 5.74) is 3.71. The molecule has 0 N–H and O–H groups in total. The Labute approximate surface area is 207 Å². The van der Waals surface area contributed by atoms with Gasteiger partial charge in [-0.2, -0.15) is 0 Å². The van der Waals surface area contributed by atoms with E-state index < -0.39 is 0 Å². The van der Waals surface area contributed by atoms with Gasteiger partial charge in [-0.3, -0.25) is 4.57 Å². The monoisotopic (exact) mass is 494 g/mol. The third kappa shape index (κ3) is 4.39. The Morgan fingerprint density at radius 3 is 2.51 bits per heavy atom. The minimum Gasteiger partial charge on any atom is -0.381 e. The van der Waals surface area contributed by atoms with E-state index in [0.717, 1.165) is 55.9 Å². The van der Waals surface area contributed by atoms with Gasteiger partial charge < -0.3 is 14.4 Å². The smallest absolute Gasteiger partial charge is 0.336 e. The van der Waals surface area contributed by atoms with Crippen LogP contribution in [0.15, 0.2) is 41.3 Å². The number of aromatic nitrogens is 5. The second-order valence-electron chi connectivity index (χ2n) is 9.19. The molecular formula is C25H27ClN6O3. The summed E-state index contributed by atoms with van der Waals surface area (Å²) >= 11 is 6.10. The lowest BCUT2D eigenvalue weighted by atomic mass is 9.96. The molecule has 0 saturated carbocycles. The van der Waals surface area contributed by atoms with Crippen LogP contribution in [-0.4, -0.2) is 63.7 Å². The van der Waals surface area contributed by atoms with Gasteiger partial charge in [-0.15, -0.1) is 10.2 Å². The Kier molecular flexibility index (Phi) is 6.13. The zero-order valence-corrected chi connectivity index (χ0v) is 20.2. The van der Waals surface area contributed by atoms with Crippen molar-refractivity contribution in [2.24, 2.45) is 5.92 Å². The molecule has 182 valence electrons. The third-order valence-corrected chi connectivity index (χ3v) is 7.20. The maximum atomic E-state index is 14.0. The van der Waals surface area contributed by atoms with Crippen LogP contribution >= 0.6 is 11.6 Å². The molecule has 0 atom stereocenters. The summed E-state index contributed by atoms with van der Waals surface area (Å²) in [6.07, 6.45) is 4.47. The number of anilines is 1. The van der Waals surface area contributed by atoms with E-state index in [9.17, 15) is 4.79 Å². The van der Waals surface area contributed by atoms with Crippen LogP contribution in [0.25, 0.3) is 16.7 Å². The number of ether oxygens (including phenoxy) is 2. The minimum absolute atomic E-state index is 0.157. The van der Waals surface area contributed by atoms with Crippen LogP contribution in [-0.2, 0) is 22.4 Å². The van der Waals surface area contributed by atoms with Gasteiger partial charge in [0.1, 0.15) is 11.3 Å². The van der Waals surface area contributed by atoms with Crippen LogP contribution < -0.4 is 10.6 Å². The maximum Gasteiger partial charge on any atom is 0.336 e. The highest BCUT2D eigenvalue weighted by atomic mass is 35.5. The maximum absolute atomic E-state index is 14.0. The van der Waals surface area contributed by atoms with E-state index in [4.69, 9.17) is 26.1 Å². The molecule has 2 aliphatic rings. The highest BCUT2D eigenvalue weighted by Crippen LogP contribution is 2.25. The second kappa shape index (κ2) is 9.56. The van der Waals surface area contributed by atoms with E-state index in [1.165, 1.54) is 0 Å². The number of nitrogens with zero attached hydrogens (tertiary/aromatic N) is 6. The van der Waals surface area contributed by atoms with Crippen molar-refractivity contribution in [3.05, 3.63) is 63.4 Å². The number of halogens is 1. The average molecular weight is 495 g/mol. The first-order valence-electron chi connectivity index (χ1n) is 12.1. The Balaban J connectivity index is 1.50. The first-order chi connectivity index (χ1) is 17.2. The summed E-state index contributed by atoms with van der Waals surface area (Å²) in [7, 11) is 0. The van der Waals surface area contributed by atoms with Gasteiger partial charge in [0.15, 0.2) is 5.65 Å². The molecule has 0 bridgehead atoms. The van der Waals surface area contributed by atoms with Crippen LogP contribution in [0.2, 0.25) is 5.02 Å². The number of fused-ring (bicyclic) bond motifs is 3. The van der Waals surface area contributed by atoms with Crippen LogP contribution in [0, 0.1) is 5.92 Å². The van der Waals surface area contributed by atoms with E-state index in [1.807, 2.05) is 36.5 Å². The van der Waals surface area contributed by atoms with E-state index in [2.05, 4.69) is 15.1 Å². The molecule has 0 radical (unpaired) electrons. The SMILES string of the molecule is O=c1n(Cc2ccc(Cl)cc2)c2cc(N3CCOCC3)cnc2c2nnc(CC3CCOCC3)n12. The molecule has 0 aliphatic carbocycles. The number of hydrogen-bond donors (Lipinski definition) is 0. The van der Waals surface area contributed by atoms with Crippen LogP contribution in [0.3, 0.4) is 0 Å². The fourth-order valence-corrected chi connectivity index (χ4v) is 5.10. The van der Waals surface area contributed by atoms with Crippen molar-refractivity contribution in [1.29, 1.82) is 0 Å². The zero-order chi connectivity index (χ0) is 23.8. The number of benzene rings is 1. The van der Waals surface area contributed by atoms with Gasteiger partial charge >= 0.3 is 5.69 Å².